The molecule has 3 heteroatoms. The van der Waals surface area contributed by atoms with E-state index in [0.29, 0.717) is 0 Å². The van der Waals surface area contributed by atoms with Crippen molar-refractivity contribution in [2.75, 3.05) is 0 Å². The number of hydrogen-bond acceptors (Lipinski definition) is 1. The molecular formula is C11H21NSiSn. The fraction of sp³-hybridized carbons (Fsp3) is 0.545. The molecule has 0 N–H and O–H groups in total. The van der Waals surface area contributed by atoms with Crippen LogP contribution in [0.3, 0.4) is 0 Å². The number of aromatic nitrogens is 1. The summed E-state index contributed by atoms with van der Waals surface area (Å²) < 4.78 is 1.50. The van der Waals surface area contributed by atoms with Crippen molar-refractivity contribution in [1.82, 2.24) is 4.98 Å². The molecule has 1 aromatic heterocycles. The van der Waals surface area contributed by atoms with E-state index in [1.165, 1.54) is 9.38 Å². The van der Waals surface area contributed by atoms with E-state index in [2.05, 4.69) is 45.0 Å². The van der Waals surface area contributed by atoms with Gasteiger partial charge in [0.05, 0.1) is 0 Å². The Kier molecular flexibility index (Phi) is 3.80. The SMILES string of the molecule is C[Si](C)([CH2][Sn]([CH3])([CH3])[CH3])c1ccccn1. The standard InChI is InChI=1S/C8H12NSi.3CH3.Sn/c1-10(2,3)8-6-4-5-7-9-8;;;;/h4-7H,1H2,2-3H3;3*1H3;. The van der Waals surface area contributed by atoms with Gasteiger partial charge in [-0.05, 0) is 0 Å². The Morgan fingerprint density at radius 1 is 1.21 bits per heavy atom. The molecule has 14 heavy (non-hydrogen) atoms. The second-order valence-corrected chi connectivity index (χ2v) is 28.1. The van der Waals surface area contributed by atoms with Gasteiger partial charge in [0, 0.05) is 0 Å². The quantitative estimate of drug-likeness (QED) is 0.782. The molecule has 0 spiro atoms. The van der Waals surface area contributed by atoms with E-state index in [1.54, 1.807) is 0 Å². The van der Waals surface area contributed by atoms with Crippen molar-refractivity contribution in [3.05, 3.63) is 24.4 Å². The predicted molar refractivity (Wildman–Crippen MR) is 69.5 cm³/mol. The first-order valence-electron chi connectivity index (χ1n) is 5.23. The van der Waals surface area contributed by atoms with Crippen molar-refractivity contribution in [3.63, 3.8) is 0 Å². The zero-order valence-corrected chi connectivity index (χ0v) is 13.8. The molecule has 0 aliphatic carbocycles. The van der Waals surface area contributed by atoms with Gasteiger partial charge in [0.15, 0.2) is 0 Å². The molecule has 1 rings (SSSR count). The summed E-state index contributed by atoms with van der Waals surface area (Å²) in [7, 11) is -1.23. The van der Waals surface area contributed by atoms with Crippen LogP contribution in [0, 0.1) is 0 Å². The van der Waals surface area contributed by atoms with E-state index >= 15 is 0 Å². The van der Waals surface area contributed by atoms with Gasteiger partial charge in [-0.2, -0.15) is 0 Å². The predicted octanol–water partition coefficient (Wildman–Crippen LogP) is 2.87. The summed E-state index contributed by atoms with van der Waals surface area (Å²) in [5.41, 5.74) is 0. The van der Waals surface area contributed by atoms with Crippen LogP contribution in [0.4, 0.5) is 0 Å². The van der Waals surface area contributed by atoms with Gasteiger partial charge >= 0.3 is 93.1 Å². The molecule has 0 fully saturated rings. The molecule has 0 aliphatic heterocycles. The minimum atomic E-state index is -1.65. The van der Waals surface area contributed by atoms with E-state index in [1.807, 2.05) is 12.3 Å². The summed E-state index contributed by atoms with van der Waals surface area (Å²) >= 11 is -1.65. The van der Waals surface area contributed by atoms with Gasteiger partial charge in [-0.25, -0.2) is 0 Å². The second kappa shape index (κ2) is 4.35. The van der Waals surface area contributed by atoms with Crippen molar-refractivity contribution in [2.24, 2.45) is 0 Å². The Labute approximate surface area is 92.8 Å². The minimum absolute atomic E-state index is 1.23. The average molecular weight is 314 g/mol. The fourth-order valence-corrected chi connectivity index (χ4v) is 30.2. The third kappa shape index (κ3) is 3.73. The number of hydrogen-bond donors (Lipinski definition) is 0. The molecular weight excluding hydrogens is 293 g/mol. The Morgan fingerprint density at radius 3 is 2.29 bits per heavy atom. The molecule has 0 radical (unpaired) electrons. The molecule has 0 aromatic carbocycles. The monoisotopic (exact) mass is 315 g/mol. The van der Waals surface area contributed by atoms with Crippen LogP contribution < -0.4 is 5.32 Å². The summed E-state index contributed by atoms with van der Waals surface area (Å²) in [6.07, 6.45) is 1.93. The van der Waals surface area contributed by atoms with Gasteiger partial charge in [0.25, 0.3) is 0 Å². The second-order valence-electron chi connectivity index (χ2n) is 5.84. The van der Waals surface area contributed by atoms with Gasteiger partial charge in [-0.15, -0.1) is 0 Å². The van der Waals surface area contributed by atoms with Gasteiger partial charge in [-0.3, -0.25) is 0 Å². The zero-order valence-electron chi connectivity index (χ0n) is 9.96. The van der Waals surface area contributed by atoms with E-state index < -0.39 is 26.5 Å². The number of pyridine rings is 1. The van der Waals surface area contributed by atoms with Crippen LogP contribution >= 0.6 is 0 Å². The summed E-state index contributed by atoms with van der Waals surface area (Å²) in [6.45, 7) is 4.91. The van der Waals surface area contributed by atoms with Gasteiger partial charge in [0.2, 0.25) is 0 Å². The van der Waals surface area contributed by atoms with E-state index in [4.69, 9.17) is 0 Å². The number of nitrogens with zero attached hydrogens (tertiary/aromatic N) is 1. The average Bonchev–Trinajstić information content (AvgIpc) is 2.01. The van der Waals surface area contributed by atoms with Gasteiger partial charge < -0.3 is 0 Å². The summed E-state index contributed by atoms with van der Waals surface area (Å²) in [5.74, 6) is 0. The van der Waals surface area contributed by atoms with Crippen LogP contribution in [0.1, 0.15) is 0 Å². The zero-order chi connectivity index (χ0) is 10.8. The Balaban J connectivity index is 2.86. The molecule has 0 amide bonds. The van der Waals surface area contributed by atoms with E-state index in [-0.39, 0.29) is 0 Å². The molecule has 0 saturated heterocycles. The van der Waals surface area contributed by atoms with Crippen LogP contribution in [0.2, 0.25) is 32.0 Å². The van der Waals surface area contributed by atoms with Crippen molar-refractivity contribution in [2.45, 2.75) is 32.0 Å². The maximum absolute atomic E-state index is 4.53. The molecule has 0 unspecified atom stereocenters. The van der Waals surface area contributed by atoms with Crippen LogP contribution in [0.25, 0.3) is 0 Å². The van der Waals surface area contributed by atoms with Crippen molar-refractivity contribution in [1.29, 1.82) is 0 Å². The summed E-state index contributed by atoms with van der Waals surface area (Å²) in [5, 5.41) is 1.38. The molecule has 0 aliphatic rings. The van der Waals surface area contributed by atoms with Crippen LogP contribution in [-0.2, 0) is 0 Å². The first kappa shape index (κ1) is 12.2. The first-order valence-corrected chi connectivity index (χ1v) is 19.0. The molecule has 1 nitrogen and oxygen atoms in total. The number of rotatable bonds is 3. The van der Waals surface area contributed by atoms with Gasteiger partial charge in [0.1, 0.15) is 0 Å². The van der Waals surface area contributed by atoms with Crippen LogP contribution in [0.15, 0.2) is 24.4 Å². The molecule has 1 aromatic rings. The third-order valence-corrected chi connectivity index (χ3v) is 22.6. The Morgan fingerprint density at radius 2 is 1.86 bits per heavy atom. The topological polar surface area (TPSA) is 12.9 Å². The van der Waals surface area contributed by atoms with Crippen LogP contribution in [-0.4, -0.2) is 31.4 Å². The normalized spacial score (nSPS) is 12.9. The van der Waals surface area contributed by atoms with Gasteiger partial charge in [-0.1, -0.05) is 0 Å². The first-order chi connectivity index (χ1) is 6.31. The van der Waals surface area contributed by atoms with Crippen molar-refractivity contribution in [3.8, 4) is 0 Å². The molecule has 0 saturated carbocycles. The van der Waals surface area contributed by atoms with Crippen LogP contribution in [0.5, 0.6) is 0 Å². The van der Waals surface area contributed by atoms with E-state index in [0.717, 1.165) is 0 Å². The maximum atomic E-state index is 4.53. The van der Waals surface area contributed by atoms with E-state index in [9.17, 15) is 0 Å². The molecule has 78 valence electrons. The molecule has 0 atom stereocenters. The van der Waals surface area contributed by atoms with Crippen molar-refractivity contribution >= 4 is 31.8 Å². The Hall–Kier alpha value is 0.166. The Bertz CT molecular complexity index is 290. The summed E-state index contributed by atoms with van der Waals surface area (Å²) in [6, 6.07) is 6.34. The fourth-order valence-electron chi connectivity index (χ4n) is 2.18. The summed E-state index contributed by atoms with van der Waals surface area (Å²) in [4.78, 5) is 12.1. The molecule has 0 bridgehead atoms. The van der Waals surface area contributed by atoms with Crippen molar-refractivity contribution < 1.29 is 0 Å². The molecule has 1 heterocycles. The third-order valence-electron chi connectivity index (χ3n) is 2.33.